The van der Waals surface area contributed by atoms with E-state index in [0.29, 0.717) is 30.5 Å². The van der Waals surface area contributed by atoms with Crippen molar-refractivity contribution in [1.29, 1.82) is 0 Å². The van der Waals surface area contributed by atoms with Crippen LogP contribution >= 0.6 is 0 Å². The van der Waals surface area contributed by atoms with Gasteiger partial charge >= 0.3 is 6.03 Å². The molecule has 1 aliphatic carbocycles. The molecule has 0 radical (unpaired) electrons. The summed E-state index contributed by atoms with van der Waals surface area (Å²) in [6.45, 7) is 1.87. The second-order valence-corrected chi connectivity index (χ2v) is 5.43. The van der Waals surface area contributed by atoms with Crippen LogP contribution in [0.1, 0.15) is 25.3 Å². The number of benzene rings is 1. The second kappa shape index (κ2) is 6.11. The summed E-state index contributed by atoms with van der Waals surface area (Å²) in [7, 11) is 1.66. The van der Waals surface area contributed by atoms with Crippen LogP contribution in [0, 0.1) is 11.7 Å². The van der Waals surface area contributed by atoms with Crippen molar-refractivity contribution in [3.63, 3.8) is 0 Å². The molecule has 1 fully saturated rings. The number of halogens is 1. The van der Waals surface area contributed by atoms with Crippen molar-refractivity contribution >= 4 is 17.6 Å². The van der Waals surface area contributed by atoms with E-state index in [-0.39, 0.29) is 29.7 Å². The lowest BCUT2D eigenvalue weighted by atomic mass is 9.79. The van der Waals surface area contributed by atoms with Crippen molar-refractivity contribution in [2.24, 2.45) is 11.7 Å². The number of amides is 3. The lowest BCUT2D eigenvalue weighted by Crippen LogP contribution is -2.50. The molecule has 0 unspecified atom stereocenters. The van der Waals surface area contributed by atoms with E-state index in [9.17, 15) is 14.0 Å². The van der Waals surface area contributed by atoms with Gasteiger partial charge in [0.2, 0.25) is 5.91 Å². The van der Waals surface area contributed by atoms with Gasteiger partial charge in [-0.1, -0.05) is 13.0 Å². The molecule has 114 valence electrons. The molecule has 6 heteroatoms. The Morgan fingerprint density at radius 3 is 2.62 bits per heavy atom. The van der Waals surface area contributed by atoms with Crippen LogP contribution in [-0.4, -0.2) is 29.9 Å². The Morgan fingerprint density at radius 1 is 1.43 bits per heavy atom. The molecule has 0 spiro atoms. The zero-order valence-electron chi connectivity index (χ0n) is 12.2. The first-order chi connectivity index (χ1) is 9.92. The van der Waals surface area contributed by atoms with Crippen molar-refractivity contribution in [2.75, 3.05) is 12.4 Å². The number of hydrogen-bond acceptors (Lipinski definition) is 2. The molecule has 1 aromatic rings. The van der Waals surface area contributed by atoms with Crippen LogP contribution in [0.5, 0.6) is 0 Å². The largest absolute Gasteiger partial charge is 0.369 e. The van der Waals surface area contributed by atoms with Crippen LogP contribution in [0.25, 0.3) is 0 Å². The Morgan fingerprint density at radius 2 is 2.10 bits per heavy atom. The lowest BCUT2D eigenvalue weighted by molar-refractivity contribution is -0.125. The first-order valence-electron chi connectivity index (χ1n) is 7.04. The molecule has 0 bridgehead atoms. The highest BCUT2D eigenvalue weighted by atomic mass is 19.1. The Bertz CT molecular complexity index is 556. The summed E-state index contributed by atoms with van der Waals surface area (Å²) >= 11 is 0. The van der Waals surface area contributed by atoms with E-state index in [0.717, 1.165) is 0 Å². The smallest absolute Gasteiger partial charge is 0.321 e. The summed E-state index contributed by atoms with van der Waals surface area (Å²) in [5.74, 6) is -0.792. The van der Waals surface area contributed by atoms with Gasteiger partial charge in [0.25, 0.3) is 0 Å². The van der Waals surface area contributed by atoms with Crippen molar-refractivity contribution in [3.05, 3.63) is 29.6 Å². The van der Waals surface area contributed by atoms with Crippen molar-refractivity contribution < 1.29 is 14.0 Å². The topological polar surface area (TPSA) is 75.4 Å². The molecule has 0 aliphatic heterocycles. The van der Waals surface area contributed by atoms with Crippen molar-refractivity contribution in [2.45, 2.75) is 32.2 Å². The van der Waals surface area contributed by atoms with Crippen molar-refractivity contribution in [3.8, 4) is 0 Å². The molecular formula is C15H20FN3O2. The SMILES string of the molecule is CCc1ccc(NC(=O)N(C)C2CC(C(N)=O)C2)cc1F. The van der Waals surface area contributed by atoms with Gasteiger partial charge in [-0.2, -0.15) is 0 Å². The molecule has 0 atom stereocenters. The quantitative estimate of drug-likeness (QED) is 0.892. The monoisotopic (exact) mass is 293 g/mol. The summed E-state index contributed by atoms with van der Waals surface area (Å²) in [6.07, 6.45) is 1.78. The van der Waals surface area contributed by atoms with E-state index in [4.69, 9.17) is 5.73 Å². The highest BCUT2D eigenvalue weighted by Crippen LogP contribution is 2.31. The number of urea groups is 1. The number of primary amides is 1. The van der Waals surface area contributed by atoms with Crippen LogP contribution in [-0.2, 0) is 11.2 Å². The normalized spacial score (nSPS) is 20.5. The predicted octanol–water partition coefficient (Wildman–Crippen LogP) is 2.12. The second-order valence-electron chi connectivity index (χ2n) is 5.43. The fourth-order valence-electron chi connectivity index (χ4n) is 2.43. The highest BCUT2D eigenvalue weighted by Gasteiger charge is 2.37. The minimum Gasteiger partial charge on any atom is -0.369 e. The van der Waals surface area contributed by atoms with Crippen LogP contribution < -0.4 is 11.1 Å². The molecule has 21 heavy (non-hydrogen) atoms. The van der Waals surface area contributed by atoms with Crippen LogP contribution in [0.2, 0.25) is 0 Å². The number of anilines is 1. The standard InChI is InChI=1S/C15H20FN3O2/c1-3-9-4-5-11(8-13(9)16)18-15(21)19(2)12-6-10(7-12)14(17)20/h4-5,8,10,12H,3,6-7H2,1-2H3,(H2,17,20)(H,18,21). The third-order valence-corrected chi connectivity index (χ3v) is 4.07. The first-order valence-corrected chi connectivity index (χ1v) is 7.04. The summed E-state index contributed by atoms with van der Waals surface area (Å²) in [4.78, 5) is 24.6. The third kappa shape index (κ3) is 3.32. The molecule has 1 aromatic carbocycles. The number of carbonyl (C=O) groups excluding carboxylic acids is 2. The van der Waals surface area contributed by atoms with Crippen LogP contribution in [0.15, 0.2) is 18.2 Å². The number of rotatable bonds is 4. The minimum absolute atomic E-state index is 0.00209. The molecule has 0 saturated heterocycles. The van der Waals surface area contributed by atoms with Crippen LogP contribution in [0.3, 0.4) is 0 Å². The lowest BCUT2D eigenvalue weighted by Gasteiger charge is -2.39. The van der Waals surface area contributed by atoms with Crippen molar-refractivity contribution in [1.82, 2.24) is 4.90 Å². The first kappa shape index (κ1) is 15.3. The van der Waals surface area contributed by atoms with E-state index >= 15 is 0 Å². The van der Waals surface area contributed by atoms with E-state index in [2.05, 4.69) is 5.32 Å². The fourth-order valence-corrected chi connectivity index (χ4v) is 2.43. The third-order valence-electron chi connectivity index (χ3n) is 4.07. The molecule has 1 aliphatic rings. The zero-order valence-corrected chi connectivity index (χ0v) is 12.2. The Balaban J connectivity index is 1.92. The summed E-state index contributed by atoms with van der Waals surface area (Å²) in [6, 6.07) is 4.35. The number of hydrogen-bond donors (Lipinski definition) is 2. The molecule has 3 N–H and O–H groups in total. The number of nitrogens with one attached hydrogen (secondary N) is 1. The predicted molar refractivity (Wildman–Crippen MR) is 78.3 cm³/mol. The number of carbonyl (C=O) groups is 2. The summed E-state index contributed by atoms with van der Waals surface area (Å²) < 4.78 is 13.7. The van der Waals surface area contributed by atoms with Gasteiger partial charge in [0, 0.05) is 24.7 Å². The van der Waals surface area contributed by atoms with E-state index in [1.54, 1.807) is 19.2 Å². The maximum atomic E-state index is 13.7. The Hall–Kier alpha value is -2.11. The van der Waals surface area contributed by atoms with Crippen LogP contribution in [0.4, 0.5) is 14.9 Å². The van der Waals surface area contributed by atoms with Gasteiger partial charge in [-0.3, -0.25) is 4.79 Å². The van der Waals surface area contributed by atoms with Gasteiger partial charge < -0.3 is 16.0 Å². The van der Waals surface area contributed by atoms with E-state index in [1.807, 2.05) is 6.92 Å². The van der Waals surface area contributed by atoms with E-state index < -0.39 is 0 Å². The molecule has 0 aromatic heterocycles. The summed E-state index contributed by atoms with van der Waals surface area (Å²) in [5, 5.41) is 2.66. The van der Waals surface area contributed by atoms with Gasteiger partial charge in [0.1, 0.15) is 5.82 Å². The number of aryl methyl sites for hydroxylation is 1. The molecule has 5 nitrogen and oxygen atoms in total. The van der Waals surface area contributed by atoms with E-state index in [1.165, 1.54) is 11.0 Å². The highest BCUT2D eigenvalue weighted by molar-refractivity contribution is 5.89. The molecule has 3 amide bonds. The summed E-state index contributed by atoms with van der Waals surface area (Å²) in [5.41, 5.74) is 6.24. The number of nitrogens with two attached hydrogens (primary N) is 1. The molecule has 2 rings (SSSR count). The fraction of sp³-hybridized carbons (Fsp3) is 0.467. The molecular weight excluding hydrogens is 273 g/mol. The van der Waals surface area contributed by atoms with Gasteiger partial charge in [0.05, 0.1) is 0 Å². The Labute approximate surface area is 123 Å². The Kier molecular flexibility index (Phi) is 4.45. The average Bonchev–Trinajstić information content (AvgIpc) is 2.36. The van der Waals surface area contributed by atoms with Gasteiger partial charge in [-0.15, -0.1) is 0 Å². The zero-order chi connectivity index (χ0) is 15.6. The molecule has 1 saturated carbocycles. The maximum Gasteiger partial charge on any atom is 0.321 e. The van der Waals surface area contributed by atoms with Gasteiger partial charge in [-0.05, 0) is 37.0 Å². The molecule has 0 heterocycles. The maximum absolute atomic E-state index is 13.7. The number of nitrogens with zero attached hydrogens (tertiary/aromatic N) is 1. The average molecular weight is 293 g/mol. The van der Waals surface area contributed by atoms with Gasteiger partial charge in [0.15, 0.2) is 0 Å². The van der Waals surface area contributed by atoms with Gasteiger partial charge in [-0.25, -0.2) is 9.18 Å². The minimum atomic E-state index is -0.324.